The van der Waals surface area contributed by atoms with Crippen molar-refractivity contribution in [3.05, 3.63) is 84.1 Å². The third kappa shape index (κ3) is 3.45. The number of aromatic nitrogens is 4. The van der Waals surface area contributed by atoms with Crippen LogP contribution in [0.15, 0.2) is 67.1 Å². The van der Waals surface area contributed by atoms with Crippen LogP contribution in [-0.4, -0.2) is 43.5 Å². The van der Waals surface area contributed by atoms with Crippen LogP contribution < -0.4 is 0 Å². The van der Waals surface area contributed by atoms with Gasteiger partial charge in [-0.2, -0.15) is 5.10 Å². The van der Waals surface area contributed by atoms with Crippen LogP contribution in [0.5, 0.6) is 0 Å². The number of aryl methyl sites for hydroxylation is 1. The Kier molecular flexibility index (Phi) is 4.75. The summed E-state index contributed by atoms with van der Waals surface area (Å²) in [6.07, 6.45) is 7.54. The molecule has 30 heavy (non-hydrogen) atoms. The predicted molar refractivity (Wildman–Crippen MR) is 115 cm³/mol. The van der Waals surface area contributed by atoms with Gasteiger partial charge < -0.3 is 4.90 Å². The molecule has 5 rings (SSSR count). The van der Waals surface area contributed by atoms with Crippen LogP contribution in [0.3, 0.4) is 0 Å². The first-order valence-electron chi connectivity index (χ1n) is 10.3. The van der Waals surface area contributed by atoms with E-state index in [1.165, 1.54) is 0 Å². The van der Waals surface area contributed by atoms with Crippen LogP contribution in [0.4, 0.5) is 0 Å². The summed E-state index contributed by atoms with van der Waals surface area (Å²) in [5.41, 5.74) is 4.71. The fraction of sp³-hybridized carbons (Fsp3) is 0.250. The smallest absolute Gasteiger partial charge is 0.254 e. The van der Waals surface area contributed by atoms with Crippen LogP contribution in [0.25, 0.3) is 16.8 Å². The molecule has 1 amide bonds. The highest BCUT2D eigenvalue weighted by molar-refractivity contribution is 5.95. The van der Waals surface area contributed by atoms with Gasteiger partial charge in [-0.3, -0.25) is 9.78 Å². The van der Waals surface area contributed by atoms with E-state index in [-0.39, 0.29) is 11.8 Å². The highest BCUT2D eigenvalue weighted by Gasteiger charge is 2.28. The van der Waals surface area contributed by atoms with E-state index in [2.05, 4.69) is 4.98 Å². The average molecular weight is 397 g/mol. The van der Waals surface area contributed by atoms with Crippen LogP contribution in [0, 0.1) is 6.92 Å². The first-order chi connectivity index (χ1) is 14.7. The Morgan fingerprint density at radius 1 is 1.07 bits per heavy atom. The molecule has 1 saturated heterocycles. The van der Waals surface area contributed by atoms with Crippen molar-refractivity contribution in [1.82, 2.24) is 24.5 Å². The van der Waals surface area contributed by atoms with Crippen molar-refractivity contribution in [1.29, 1.82) is 0 Å². The highest BCUT2D eigenvalue weighted by Crippen LogP contribution is 2.27. The van der Waals surface area contributed by atoms with Crippen molar-refractivity contribution < 1.29 is 4.79 Å². The van der Waals surface area contributed by atoms with Gasteiger partial charge >= 0.3 is 0 Å². The van der Waals surface area contributed by atoms with Crippen LogP contribution in [0.2, 0.25) is 0 Å². The monoisotopic (exact) mass is 397 g/mol. The number of nitrogens with zero attached hydrogens (tertiary/aromatic N) is 5. The van der Waals surface area contributed by atoms with Gasteiger partial charge in [0.25, 0.3) is 5.91 Å². The molecule has 1 aliphatic rings. The second-order valence-electron chi connectivity index (χ2n) is 7.84. The fourth-order valence-electron chi connectivity index (χ4n) is 4.13. The standard InChI is InChI=1S/C24H23N5O/c1-17-6-2-3-9-21(17)24(30)28-13-5-8-20(15-28)23-26-22-11-10-19(16-29(22)27-23)18-7-4-12-25-14-18/h2-4,6-7,9-12,14,16,20H,5,8,13,15H2,1H3/t20-/m1/s1. The number of pyridine rings is 2. The molecule has 6 nitrogen and oxygen atoms in total. The molecule has 1 atom stereocenters. The molecule has 0 bridgehead atoms. The topological polar surface area (TPSA) is 63.4 Å². The molecule has 6 heteroatoms. The predicted octanol–water partition coefficient (Wildman–Crippen LogP) is 4.12. The first kappa shape index (κ1) is 18.5. The summed E-state index contributed by atoms with van der Waals surface area (Å²) in [7, 11) is 0. The van der Waals surface area contributed by atoms with E-state index in [1.54, 1.807) is 6.20 Å². The normalized spacial score (nSPS) is 16.7. The zero-order valence-electron chi connectivity index (χ0n) is 16.9. The van der Waals surface area contributed by atoms with Gasteiger partial charge in [-0.25, -0.2) is 9.50 Å². The van der Waals surface area contributed by atoms with Crippen molar-refractivity contribution in [3.63, 3.8) is 0 Å². The van der Waals surface area contributed by atoms with E-state index >= 15 is 0 Å². The zero-order valence-corrected chi connectivity index (χ0v) is 16.9. The van der Waals surface area contributed by atoms with Crippen molar-refractivity contribution in [2.24, 2.45) is 0 Å². The van der Waals surface area contributed by atoms with E-state index in [0.29, 0.717) is 6.54 Å². The fourth-order valence-corrected chi connectivity index (χ4v) is 4.13. The van der Waals surface area contributed by atoms with Gasteiger partial charge in [0.2, 0.25) is 0 Å². The van der Waals surface area contributed by atoms with Crippen molar-refractivity contribution in [2.75, 3.05) is 13.1 Å². The molecule has 0 unspecified atom stereocenters. The Bertz CT molecular complexity index is 1200. The summed E-state index contributed by atoms with van der Waals surface area (Å²) >= 11 is 0. The van der Waals surface area contributed by atoms with E-state index in [1.807, 2.05) is 77.3 Å². The van der Waals surface area contributed by atoms with Crippen molar-refractivity contribution in [2.45, 2.75) is 25.7 Å². The van der Waals surface area contributed by atoms with Gasteiger partial charge in [-0.15, -0.1) is 0 Å². The minimum atomic E-state index is 0.0976. The van der Waals surface area contributed by atoms with E-state index < -0.39 is 0 Å². The van der Waals surface area contributed by atoms with Gasteiger partial charge in [0.1, 0.15) is 0 Å². The Labute approximate surface area is 175 Å². The lowest BCUT2D eigenvalue weighted by atomic mass is 9.96. The molecule has 4 heterocycles. The maximum atomic E-state index is 13.0. The number of rotatable bonds is 3. The number of hydrogen-bond acceptors (Lipinski definition) is 4. The third-order valence-electron chi connectivity index (χ3n) is 5.79. The lowest BCUT2D eigenvalue weighted by molar-refractivity contribution is 0.0704. The van der Waals surface area contributed by atoms with Crippen molar-refractivity contribution in [3.8, 4) is 11.1 Å². The summed E-state index contributed by atoms with van der Waals surface area (Å²) in [4.78, 5) is 23.9. The Morgan fingerprint density at radius 2 is 1.97 bits per heavy atom. The summed E-state index contributed by atoms with van der Waals surface area (Å²) in [5.74, 6) is 1.05. The summed E-state index contributed by atoms with van der Waals surface area (Å²) < 4.78 is 1.83. The molecule has 150 valence electrons. The molecular formula is C24H23N5O. The van der Waals surface area contributed by atoms with Crippen LogP contribution in [0.1, 0.15) is 40.5 Å². The van der Waals surface area contributed by atoms with Gasteiger partial charge in [0, 0.05) is 54.3 Å². The maximum absolute atomic E-state index is 13.0. The first-order valence-corrected chi connectivity index (χ1v) is 10.3. The number of amides is 1. The molecule has 0 saturated carbocycles. The third-order valence-corrected chi connectivity index (χ3v) is 5.79. The minimum Gasteiger partial charge on any atom is -0.338 e. The number of carbonyl (C=O) groups is 1. The molecule has 0 aliphatic carbocycles. The quantitative estimate of drug-likeness (QED) is 0.522. The second kappa shape index (κ2) is 7.71. The molecule has 0 spiro atoms. The Hall–Kier alpha value is -3.54. The number of carbonyl (C=O) groups excluding carboxylic acids is 1. The number of hydrogen-bond donors (Lipinski definition) is 0. The van der Waals surface area contributed by atoms with Gasteiger partial charge in [-0.1, -0.05) is 24.3 Å². The number of fused-ring (bicyclic) bond motifs is 1. The lowest BCUT2D eigenvalue weighted by Gasteiger charge is -2.31. The second-order valence-corrected chi connectivity index (χ2v) is 7.84. The zero-order chi connectivity index (χ0) is 20.5. The maximum Gasteiger partial charge on any atom is 0.254 e. The van der Waals surface area contributed by atoms with E-state index in [4.69, 9.17) is 10.1 Å². The molecule has 3 aromatic heterocycles. The molecule has 1 aliphatic heterocycles. The van der Waals surface area contributed by atoms with Crippen LogP contribution in [-0.2, 0) is 0 Å². The minimum absolute atomic E-state index is 0.0976. The van der Waals surface area contributed by atoms with E-state index in [0.717, 1.165) is 53.1 Å². The van der Waals surface area contributed by atoms with Gasteiger partial charge in [-0.05, 0) is 49.6 Å². The van der Waals surface area contributed by atoms with Gasteiger partial charge in [0.05, 0.1) is 0 Å². The summed E-state index contributed by atoms with van der Waals surface area (Å²) in [6, 6.07) is 15.8. The lowest BCUT2D eigenvalue weighted by Crippen LogP contribution is -2.39. The molecule has 1 fully saturated rings. The highest BCUT2D eigenvalue weighted by atomic mass is 16.2. The molecular weight excluding hydrogens is 374 g/mol. The molecule has 0 N–H and O–H groups in total. The molecule has 0 radical (unpaired) electrons. The summed E-state index contributed by atoms with van der Waals surface area (Å²) in [5, 5.41) is 4.75. The Balaban J connectivity index is 1.40. The van der Waals surface area contributed by atoms with Crippen LogP contribution >= 0.6 is 0 Å². The number of piperidine rings is 1. The largest absolute Gasteiger partial charge is 0.338 e. The van der Waals surface area contributed by atoms with E-state index in [9.17, 15) is 4.79 Å². The number of likely N-dealkylation sites (tertiary alicyclic amines) is 1. The summed E-state index contributed by atoms with van der Waals surface area (Å²) in [6.45, 7) is 3.42. The SMILES string of the molecule is Cc1ccccc1C(=O)N1CCC[C@@H](c2nc3ccc(-c4cccnc4)cn3n2)C1. The molecule has 4 aromatic rings. The Morgan fingerprint density at radius 3 is 2.80 bits per heavy atom. The molecule has 1 aromatic carbocycles. The number of benzene rings is 1. The average Bonchev–Trinajstić information content (AvgIpc) is 3.23. The van der Waals surface area contributed by atoms with Gasteiger partial charge in [0.15, 0.2) is 11.5 Å². The van der Waals surface area contributed by atoms with Crippen molar-refractivity contribution >= 4 is 11.6 Å².